The normalized spacial score (nSPS) is 22.6. The van der Waals surface area contributed by atoms with Gasteiger partial charge in [0.15, 0.2) is 0 Å². The van der Waals surface area contributed by atoms with E-state index < -0.39 is 16.6 Å². The lowest BCUT2D eigenvalue weighted by atomic mass is 9.83. The topological polar surface area (TPSA) is 18.5 Å². The van der Waals surface area contributed by atoms with Gasteiger partial charge in [0.25, 0.3) is 0 Å². The van der Waals surface area contributed by atoms with Crippen LogP contribution in [0.1, 0.15) is 68.2 Å². The summed E-state index contributed by atoms with van der Waals surface area (Å²) in [5.74, 6) is 2.41. The zero-order chi connectivity index (χ0) is 21.0. The highest BCUT2D eigenvalue weighted by molar-refractivity contribution is 6.77. The standard InChI is InChI=1S/C23H46O2Si2/c1-17(2)27(18(3)4,19(5)6)24-13-12-21(8)22-14-20(7)15-23(16-22)25-26(9,10)11/h12,16-20,22H,13-15H2,1-11H3/b21-12+/t20-,22-/m1/s1. The molecule has 1 aliphatic rings. The van der Waals surface area contributed by atoms with E-state index in [1.807, 2.05) is 0 Å². The van der Waals surface area contributed by atoms with Crippen molar-refractivity contribution >= 4 is 16.6 Å². The van der Waals surface area contributed by atoms with E-state index in [4.69, 9.17) is 8.85 Å². The van der Waals surface area contributed by atoms with Gasteiger partial charge in [-0.2, -0.15) is 0 Å². The van der Waals surface area contributed by atoms with E-state index in [1.54, 1.807) is 0 Å². The van der Waals surface area contributed by atoms with Crippen molar-refractivity contribution in [2.45, 2.75) is 104 Å². The van der Waals surface area contributed by atoms with E-state index in [-0.39, 0.29) is 0 Å². The molecule has 1 aliphatic carbocycles. The second-order valence-electron chi connectivity index (χ2n) is 10.6. The number of allylic oxidation sites excluding steroid dienone is 3. The second kappa shape index (κ2) is 9.93. The molecule has 2 atom stereocenters. The maximum absolute atomic E-state index is 6.73. The molecule has 0 fully saturated rings. The molecule has 158 valence electrons. The van der Waals surface area contributed by atoms with E-state index in [2.05, 4.69) is 87.2 Å². The van der Waals surface area contributed by atoms with Crippen LogP contribution in [-0.2, 0) is 8.85 Å². The van der Waals surface area contributed by atoms with Crippen molar-refractivity contribution in [1.82, 2.24) is 0 Å². The molecule has 0 bridgehead atoms. The highest BCUT2D eigenvalue weighted by atomic mass is 28.4. The lowest BCUT2D eigenvalue weighted by Gasteiger charge is -2.42. The van der Waals surface area contributed by atoms with Gasteiger partial charge in [0.2, 0.25) is 16.6 Å². The Hall–Kier alpha value is -0.326. The predicted molar refractivity (Wildman–Crippen MR) is 125 cm³/mol. The Morgan fingerprint density at radius 1 is 1.07 bits per heavy atom. The first-order valence-electron chi connectivity index (χ1n) is 11.0. The van der Waals surface area contributed by atoms with Gasteiger partial charge in [0.05, 0.1) is 12.4 Å². The van der Waals surface area contributed by atoms with E-state index in [0.717, 1.165) is 13.0 Å². The molecular weight excluding hydrogens is 364 g/mol. The van der Waals surface area contributed by atoms with Gasteiger partial charge in [-0.1, -0.05) is 60.1 Å². The van der Waals surface area contributed by atoms with E-state index in [9.17, 15) is 0 Å². The fourth-order valence-corrected chi connectivity index (χ4v) is 11.3. The van der Waals surface area contributed by atoms with Crippen LogP contribution in [0.5, 0.6) is 0 Å². The smallest absolute Gasteiger partial charge is 0.241 e. The first kappa shape index (κ1) is 24.7. The molecule has 4 heteroatoms. The summed E-state index contributed by atoms with van der Waals surface area (Å²) < 4.78 is 13.1. The van der Waals surface area contributed by atoms with Crippen molar-refractivity contribution in [3.8, 4) is 0 Å². The van der Waals surface area contributed by atoms with Crippen molar-refractivity contribution in [2.24, 2.45) is 11.8 Å². The number of hydrogen-bond acceptors (Lipinski definition) is 2. The van der Waals surface area contributed by atoms with Gasteiger partial charge in [0, 0.05) is 12.3 Å². The average Bonchev–Trinajstić information content (AvgIpc) is 2.47. The minimum absolute atomic E-state index is 0.497. The number of rotatable bonds is 9. The van der Waals surface area contributed by atoms with Gasteiger partial charge in [-0.25, -0.2) is 0 Å². The molecule has 0 aromatic carbocycles. The Balaban J connectivity index is 2.90. The molecular formula is C23H46O2Si2. The molecule has 0 spiro atoms. The summed E-state index contributed by atoms with van der Waals surface area (Å²) in [6.07, 6.45) is 7.05. The van der Waals surface area contributed by atoms with Crippen LogP contribution in [0, 0.1) is 11.8 Å². The molecule has 0 saturated carbocycles. The zero-order valence-corrected chi connectivity index (χ0v) is 22.0. The highest BCUT2D eigenvalue weighted by Gasteiger charge is 2.44. The molecule has 27 heavy (non-hydrogen) atoms. The maximum atomic E-state index is 6.73. The van der Waals surface area contributed by atoms with Crippen molar-refractivity contribution in [2.75, 3.05) is 6.61 Å². The molecule has 2 nitrogen and oxygen atoms in total. The van der Waals surface area contributed by atoms with Crippen LogP contribution in [-0.4, -0.2) is 23.2 Å². The lowest BCUT2D eigenvalue weighted by Crippen LogP contribution is -2.47. The Labute approximate surface area is 172 Å². The third-order valence-corrected chi connectivity index (χ3v) is 13.0. The minimum atomic E-state index is -1.78. The van der Waals surface area contributed by atoms with Gasteiger partial charge in [0.1, 0.15) is 0 Å². The van der Waals surface area contributed by atoms with Crippen molar-refractivity contribution < 1.29 is 8.85 Å². The molecule has 0 aromatic heterocycles. The Morgan fingerprint density at radius 2 is 1.59 bits per heavy atom. The van der Waals surface area contributed by atoms with Crippen molar-refractivity contribution in [3.63, 3.8) is 0 Å². The maximum Gasteiger partial charge on any atom is 0.241 e. The third kappa shape index (κ3) is 6.90. The van der Waals surface area contributed by atoms with Gasteiger partial charge < -0.3 is 8.85 Å². The predicted octanol–water partition coefficient (Wildman–Crippen LogP) is 7.91. The fourth-order valence-electron chi connectivity index (χ4n) is 4.98. The molecule has 0 heterocycles. The average molecular weight is 411 g/mol. The molecule has 0 unspecified atom stereocenters. The van der Waals surface area contributed by atoms with Crippen LogP contribution in [0.3, 0.4) is 0 Å². The van der Waals surface area contributed by atoms with Crippen molar-refractivity contribution in [3.05, 3.63) is 23.5 Å². The Kier molecular flexibility index (Phi) is 9.09. The summed E-state index contributed by atoms with van der Waals surface area (Å²) in [6.45, 7) is 26.3. The molecule has 0 amide bonds. The van der Waals surface area contributed by atoms with Crippen LogP contribution in [0.4, 0.5) is 0 Å². The molecule has 0 aromatic rings. The lowest BCUT2D eigenvalue weighted by molar-refractivity contribution is 0.309. The molecule has 0 saturated heterocycles. The van der Waals surface area contributed by atoms with Gasteiger partial charge in [-0.05, 0) is 61.6 Å². The first-order valence-corrected chi connectivity index (χ1v) is 16.5. The molecule has 1 rings (SSSR count). The summed E-state index contributed by atoms with van der Waals surface area (Å²) in [4.78, 5) is 0. The summed E-state index contributed by atoms with van der Waals surface area (Å²) >= 11 is 0. The highest BCUT2D eigenvalue weighted by Crippen LogP contribution is 2.42. The molecule has 0 radical (unpaired) electrons. The summed E-state index contributed by atoms with van der Waals surface area (Å²) in [7, 11) is -3.32. The van der Waals surface area contributed by atoms with E-state index in [1.165, 1.54) is 17.8 Å². The zero-order valence-electron chi connectivity index (χ0n) is 20.0. The summed E-state index contributed by atoms with van der Waals surface area (Å²) in [6, 6.07) is 0. The van der Waals surface area contributed by atoms with Crippen molar-refractivity contribution in [1.29, 1.82) is 0 Å². The fraction of sp³-hybridized carbons (Fsp3) is 0.826. The van der Waals surface area contributed by atoms with Gasteiger partial charge in [-0.15, -0.1) is 0 Å². The Morgan fingerprint density at radius 3 is 2.04 bits per heavy atom. The molecule has 0 N–H and O–H groups in total. The largest absolute Gasteiger partial charge is 0.548 e. The van der Waals surface area contributed by atoms with Crippen LogP contribution in [0.2, 0.25) is 36.3 Å². The van der Waals surface area contributed by atoms with Crippen LogP contribution in [0.15, 0.2) is 23.5 Å². The minimum Gasteiger partial charge on any atom is -0.548 e. The first-order chi connectivity index (χ1) is 12.3. The van der Waals surface area contributed by atoms with E-state index in [0.29, 0.717) is 28.5 Å². The SMILES string of the molecule is C/C(=C\CO[Si](C(C)C)(C(C)C)C(C)C)[C@H]1C=C(O[Si](C)(C)C)C[C@H](C)C1. The monoisotopic (exact) mass is 410 g/mol. The number of hydrogen-bond donors (Lipinski definition) is 0. The summed E-state index contributed by atoms with van der Waals surface area (Å²) in [5, 5.41) is 0. The van der Waals surface area contributed by atoms with E-state index >= 15 is 0 Å². The van der Waals surface area contributed by atoms with Crippen LogP contribution in [0.25, 0.3) is 0 Å². The second-order valence-corrected chi connectivity index (χ2v) is 20.5. The van der Waals surface area contributed by atoms with Gasteiger partial charge >= 0.3 is 0 Å². The van der Waals surface area contributed by atoms with Crippen LogP contribution >= 0.6 is 0 Å². The Bertz CT molecular complexity index is 505. The molecule has 0 aliphatic heterocycles. The quantitative estimate of drug-likeness (QED) is 0.284. The third-order valence-electron chi connectivity index (χ3n) is 6.06. The van der Waals surface area contributed by atoms with Crippen LogP contribution < -0.4 is 0 Å². The summed E-state index contributed by atoms with van der Waals surface area (Å²) in [5.41, 5.74) is 3.35. The van der Waals surface area contributed by atoms with Gasteiger partial charge in [-0.3, -0.25) is 0 Å².